The van der Waals surface area contributed by atoms with Crippen molar-refractivity contribution in [1.82, 2.24) is 10.2 Å². The highest BCUT2D eigenvalue weighted by atomic mass is 35.5. The summed E-state index contributed by atoms with van der Waals surface area (Å²) in [5, 5.41) is 3.60. The van der Waals surface area contributed by atoms with Crippen LogP contribution in [0.15, 0.2) is 102 Å². The molecular weight excluding hydrogens is 653 g/mol. The maximum Gasteiger partial charge on any atom is 0.264 e. The molecule has 0 bridgehead atoms. The van der Waals surface area contributed by atoms with Gasteiger partial charge in [-0.1, -0.05) is 110 Å². The molecule has 4 aromatic carbocycles. The Morgan fingerprint density at radius 2 is 1.45 bits per heavy atom. The summed E-state index contributed by atoms with van der Waals surface area (Å²) in [6, 6.07) is 27.0. The first kappa shape index (κ1) is 36.0. The van der Waals surface area contributed by atoms with Crippen LogP contribution in [0.5, 0.6) is 0 Å². The first-order valence-electron chi connectivity index (χ1n) is 15.7. The average molecular weight is 695 g/mol. The SMILES string of the molecule is CCCNC(=O)[C@H](Cc1ccccc1)N(Cc1c(Cl)cccc1Cl)C(=O)CN(c1ccc(C(C)C)cc1)S(=O)(=O)c1ccc(C)cc1. The minimum atomic E-state index is -4.21. The van der Waals surface area contributed by atoms with Gasteiger partial charge in [-0.15, -0.1) is 0 Å². The van der Waals surface area contributed by atoms with Crippen LogP contribution < -0.4 is 9.62 Å². The van der Waals surface area contributed by atoms with Crippen molar-refractivity contribution in [3.63, 3.8) is 0 Å². The van der Waals surface area contributed by atoms with E-state index < -0.39 is 28.5 Å². The number of carbonyl (C=O) groups excluding carboxylic acids is 2. The molecule has 248 valence electrons. The molecular formula is C37H41Cl2N3O4S. The molecule has 10 heteroatoms. The fourth-order valence-corrected chi connectivity index (χ4v) is 7.10. The molecule has 0 fully saturated rings. The monoisotopic (exact) mass is 693 g/mol. The largest absolute Gasteiger partial charge is 0.354 e. The lowest BCUT2D eigenvalue weighted by Crippen LogP contribution is -2.53. The van der Waals surface area contributed by atoms with Gasteiger partial charge in [-0.2, -0.15) is 0 Å². The van der Waals surface area contributed by atoms with Crippen LogP contribution in [-0.4, -0.2) is 44.3 Å². The number of hydrogen-bond donors (Lipinski definition) is 1. The topological polar surface area (TPSA) is 86.8 Å². The second kappa shape index (κ2) is 16.3. The maximum atomic E-state index is 14.6. The lowest BCUT2D eigenvalue weighted by atomic mass is 10.0. The van der Waals surface area contributed by atoms with Crippen LogP contribution in [0.1, 0.15) is 55.4 Å². The molecule has 0 aromatic heterocycles. The molecule has 0 heterocycles. The molecule has 2 amide bonds. The number of anilines is 1. The summed E-state index contributed by atoms with van der Waals surface area (Å²) in [6.07, 6.45) is 0.890. The summed E-state index contributed by atoms with van der Waals surface area (Å²) in [7, 11) is -4.21. The molecule has 7 nitrogen and oxygen atoms in total. The van der Waals surface area contributed by atoms with Crippen LogP contribution >= 0.6 is 23.2 Å². The number of nitrogens with one attached hydrogen (secondary N) is 1. The van der Waals surface area contributed by atoms with Crippen LogP contribution in [0.4, 0.5) is 5.69 Å². The standard InChI is InChI=1S/C37H41Cl2N3O4S/c1-5-22-40-37(44)35(23-28-10-7-6-8-11-28)41(24-32-33(38)12-9-13-34(32)39)36(43)25-42(30-18-16-29(17-19-30)26(2)3)47(45,46)31-20-14-27(4)15-21-31/h6-21,26,35H,5,22-25H2,1-4H3,(H,40,44)/t35-/m0/s1. The summed E-state index contributed by atoms with van der Waals surface area (Å²) >= 11 is 13.2. The van der Waals surface area contributed by atoms with Gasteiger partial charge in [0.15, 0.2) is 0 Å². The van der Waals surface area contributed by atoms with Gasteiger partial charge in [0.05, 0.1) is 10.6 Å². The number of halogens is 2. The Labute approximate surface area is 288 Å². The first-order valence-corrected chi connectivity index (χ1v) is 17.8. The predicted octanol–water partition coefficient (Wildman–Crippen LogP) is 7.79. The molecule has 0 saturated heterocycles. The lowest BCUT2D eigenvalue weighted by Gasteiger charge is -2.34. The Bertz CT molecular complexity index is 1740. The van der Waals surface area contributed by atoms with Crippen molar-refractivity contribution in [1.29, 1.82) is 0 Å². The van der Waals surface area contributed by atoms with Crippen molar-refractivity contribution in [3.8, 4) is 0 Å². The molecule has 4 aromatic rings. The van der Waals surface area contributed by atoms with Gasteiger partial charge in [0, 0.05) is 35.1 Å². The Morgan fingerprint density at radius 3 is 2.02 bits per heavy atom. The molecule has 0 aliphatic carbocycles. The molecule has 0 aliphatic rings. The zero-order valence-corrected chi connectivity index (χ0v) is 29.4. The van der Waals surface area contributed by atoms with E-state index in [1.54, 1.807) is 42.5 Å². The molecule has 0 radical (unpaired) electrons. The molecule has 0 aliphatic heterocycles. The Hall–Kier alpha value is -3.85. The number of sulfonamides is 1. The van der Waals surface area contributed by atoms with Gasteiger partial charge < -0.3 is 10.2 Å². The Morgan fingerprint density at radius 1 is 0.830 bits per heavy atom. The zero-order chi connectivity index (χ0) is 34.1. The minimum Gasteiger partial charge on any atom is -0.354 e. The summed E-state index contributed by atoms with van der Waals surface area (Å²) in [5.41, 5.74) is 3.55. The highest BCUT2D eigenvalue weighted by molar-refractivity contribution is 7.92. The van der Waals surface area contributed by atoms with Gasteiger partial charge in [-0.05, 0) is 66.8 Å². The number of aryl methyl sites for hydroxylation is 1. The third kappa shape index (κ3) is 9.15. The minimum absolute atomic E-state index is 0.0473. The predicted molar refractivity (Wildman–Crippen MR) is 190 cm³/mol. The van der Waals surface area contributed by atoms with Crippen LogP contribution in [0.25, 0.3) is 0 Å². The van der Waals surface area contributed by atoms with E-state index in [0.717, 1.165) is 21.0 Å². The summed E-state index contributed by atoms with van der Waals surface area (Å²) < 4.78 is 29.6. The molecule has 0 saturated carbocycles. The first-order chi connectivity index (χ1) is 22.4. The summed E-state index contributed by atoms with van der Waals surface area (Å²) in [4.78, 5) is 29.9. The van der Waals surface area contributed by atoms with Crippen molar-refractivity contribution < 1.29 is 18.0 Å². The van der Waals surface area contributed by atoms with Crippen LogP contribution in [-0.2, 0) is 32.6 Å². The molecule has 1 N–H and O–H groups in total. The van der Waals surface area contributed by atoms with Crippen molar-refractivity contribution in [3.05, 3.63) is 129 Å². The second-order valence-electron chi connectivity index (χ2n) is 11.8. The van der Waals surface area contributed by atoms with E-state index in [9.17, 15) is 18.0 Å². The molecule has 1 atom stereocenters. The average Bonchev–Trinajstić information content (AvgIpc) is 3.05. The van der Waals surface area contributed by atoms with Gasteiger partial charge in [0.1, 0.15) is 12.6 Å². The number of nitrogens with zero attached hydrogens (tertiary/aromatic N) is 2. The number of rotatable bonds is 14. The number of carbonyl (C=O) groups is 2. The number of hydrogen-bond acceptors (Lipinski definition) is 4. The van der Waals surface area contributed by atoms with Gasteiger partial charge in [-0.25, -0.2) is 8.42 Å². The second-order valence-corrected chi connectivity index (χ2v) is 14.5. The normalized spacial score (nSPS) is 12.1. The van der Waals surface area contributed by atoms with Crippen molar-refractivity contribution >= 4 is 50.7 Å². The Balaban J connectivity index is 1.84. The van der Waals surface area contributed by atoms with E-state index in [1.807, 2.05) is 70.2 Å². The van der Waals surface area contributed by atoms with E-state index in [0.29, 0.717) is 34.3 Å². The summed E-state index contributed by atoms with van der Waals surface area (Å²) in [5.74, 6) is -0.720. The van der Waals surface area contributed by atoms with Crippen LogP contribution in [0.2, 0.25) is 10.0 Å². The van der Waals surface area contributed by atoms with E-state index >= 15 is 0 Å². The molecule has 4 rings (SSSR count). The maximum absolute atomic E-state index is 14.6. The van der Waals surface area contributed by atoms with E-state index in [-0.39, 0.29) is 29.7 Å². The van der Waals surface area contributed by atoms with Crippen LogP contribution in [0.3, 0.4) is 0 Å². The van der Waals surface area contributed by atoms with Crippen molar-refractivity contribution in [2.24, 2.45) is 0 Å². The molecule has 0 spiro atoms. The van der Waals surface area contributed by atoms with E-state index in [2.05, 4.69) is 5.32 Å². The van der Waals surface area contributed by atoms with Gasteiger partial charge >= 0.3 is 0 Å². The zero-order valence-electron chi connectivity index (χ0n) is 27.1. The number of amides is 2. The van der Waals surface area contributed by atoms with Crippen molar-refractivity contribution in [2.45, 2.75) is 63.9 Å². The fraction of sp³-hybridized carbons (Fsp3) is 0.297. The smallest absolute Gasteiger partial charge is 0.264 e. The quantitative estimate of drug-likeness (QED) is 0.146. The Kier molecular flexibility index (Phi) is 12.5. The fourth-order valence-electron chi connectivity index (χ4n) is 5.17. The number of benzene rings is 4. The van der Waals surface area contributed by atoms with Gasteiger partial charge in [0.2, 0.25) is 11.8 Å². The van der Waals surface area contributed by atoms with Crippen LogP contribution in [0, 0.1) is 6.92 Å². The summed E-state index contributed by atoms with van der Waals surface area (Å²) in [6.45, 7) is 7.65. The third-order valence-electron chi connectivity index (χ3n) is 7.95. The highest BCUT2D eigenvalue weighted by Gasteiger charge is 2.35. The van der Waals surface area contributed by atoms with E-state index in [4.69, 9.17) is 23.2 Å². The van der Waals surface area contributed by atoms with Gasteiger partial charge in [-0.3, -0.25) is 13.9 Å². The third-order valence-corrected chi connectivity index (χ3v) is 10.4. The highest BCUT2D eigenvalue weighted by Crippen LogP contribution is 2.30. The molecule has 47 heavy (non-hydrogen) atoms. The van der Waals surface area contributed by atoms with Crippen molar-refractivity contribution in [2.75, 3.05) is 17.4 Å². The molecule has 0 unspecified atom stereocenters. The van der Waals surface area contributed by atoms with E-state index in [1.165, 1.54) is 17.0 Å². The lowest BCUT2D eigenvalue weighted by molar-refractivity contribution is -0.140. The van der Waals surface area contributed by atoms with Gasteiger partial charge in [0.25, 0.3) is 10.0 Å².